The molecule has 1 N–H and O–H groups in total. The molecule has 0 saturated carbocycles. The van der Waals surface area contributed by atoms with E-state index in [0.29, 0.717) is 6.42 Å². The summed E-state index contributed by atoms with van der Waals surface area (Å²) >= 11 is 0. The van der Waals surface area contributed by atoms with E-state index in [0.717, 1.165) is 43.7 Å². The van der Waals surface area contributed by atoms with Crippen LogP contribution in [0.25, 0.3) is 0 Å². The van der Waals surface area contributed by atoms with E-state index in [1.165, 1.54) is 5.56 Å². The Morgan fingerprint density at radius 2 is 2.35 bits per heavy atom. The van der Waals surface area contributed by atoms with Crippen molar-refractivity contribution in [1.82, 2.24) is 5.32 Å². The molecule has 0 radical (unpaired) electrons. The summed E-state index contributed by atoms with van der Waals surface area (Å²) in [6, 6.07) is 6.03. The Hall–Kier alpha value is -1.51. The maximum Gasteiger partial charge on any atom is 0.224 e. The summed E-state index contributed by atoms with van der Waals surface area (Å²) in [5, 5.41) is 2.93. The predicted octanol–water partition coefficient (Wildman–Crippen LogP) is 2.08. The summed E-state index contributed by atoms with van der Waals surface area (Å²) in [4.78, 5) is 11.6. The lowest BCUT2D eigenvalue weighted by Gasteiger charge is -2.05. The van der Waals surface area contributed by atoms with Crippen molar-refractivity contribution in [3.05, 3.63) is 29.3 Å². The quantitative estimate of drug-likeness (QED) is 0.791. The van der Waals surface area contributed by atoms with Crippen molar-refractivity contribution in [1.29, 1.82) is 0 Å². The zero-order valence-electron chi connectivity index (χ0n) is 10.3. The molecule has 17 heavy (non-hydrogen) atoms. The summed E-state index contributed by atoms with van der Waals surface area (Å²) in [7, 11) is 0. The molecule has 3 heteroatoms. The van der Waals surface area contributed by atoms with Gasteiger partial charge in [-0.15, -0.1) is 0 Å². The monoisotopic (exact) mass is 233 g/mol. The fourth-order valence-corrected chi connectivity index (χ4v) is 2.00. The van der Waals surface area contributed by atoms with Gasteiger partial charge in [0, 0.05) is 13.0 Å². The van der Waals surface area contributed by atoms with Crippen LogP contribution in [-0.4, -0.2) is 19.1 Å². The lowest BCUT2D eigenvalue weighted by molar-refractivity contribution is -0.120. The minimum Gasteiger partial charge on any atom is -0.493 e. The molecule has 0 aliphatic carbocycles. The first-order valence-electron chi connectivity index (χ1n) is 6.31. The Kier molecular flexibility index (Phi) is 4.02. The zero-order chi connectivity index (χ0) is 12.1. The summed E-state index contributed by atoms with van der Waals surface area (Å²) in [6.45, 7) is 3.66. The molecule has 0 fully saturated rings. The van der Waals surface area contributed by atoms with E-state index < -0.39 is 0 Å². The van der Waals surface area contributed by atoms with E-state index in [1.807, 2.05) is 12.1 Å². The molecule has 92 valence electrons. The van der Waals surface area contributed by atoms with Crippen LogP contribution in [0.3, 0.4) is 0 Å². The Bertz CT molecular complexity index is 401. The lowest BCUT2D eigenvalue weighted by atomic mass is 10.1. The van der Waals surface area contributed by atoms with E-state index in [9.17, 15) is 4.79 Å². The fourth-order valence-electron chi connectivity index (χ4n) is 2.00. The van der Waals surface area contributed by atoms with E-state index in [-0.39, 0.29) is 5.91 Å². The number of carbonyl (C=O) groups is 1. The number of nitrogens with one attached hydrogen (secondary N) is 1. The van der Waals surface area contributed by atoms with Crippen molar-refractivity contribution in [2.24, 2.45) is 0 Å². The van der Waals surface area contributed by atoms with Gasteiger partial charge in [0.2, 0.25) is 5.91 Å². The second-order valence-electron chi connectivity index (χ2n) is 4.42. The molecular weight excluding hydrogens is 214 g/mol. The highest BCUT2D eigenvalue weighted by atomic mass is 16.5. The van der Waals surface area contributed by atoms with E-state index in [4.69, 9.17) is 4.74 Å². The van der Waals surface area contributed by atoms with Crippen molar-refractivity contribution in [3.63, 3.8) is 0 Å². The van der Waals surface area contributed by atoms with E-state index in [1.54, 1.807) is 0 Å². The second kappa shape index (κ2) is 5.71. The van der Waals surface area contributed by atoms with Crippen molar-refractivity contribution in [3.8, 4) is 5.75 Å². The van der Waals surface area contributed by atoms with Gasteiger partial charge >= 0.3 is 0 Å². The molecule has 0 bridgehead atoms. The highest BCUT2D eigenvalue weighted by Crippen LogP contribution is 2.25. The van der Waals surface area contributed by atoms with Crippen LogP contribution in [0.4, 0.5) is 0 Å². The SMILES string of the molecule is CCCCNC(=O)Cc1ccc2c(c1)CCO2. The first-order valence-corrected chi connectivity index (χ1v) is 6.31. The van der Waals surface area contributed by atoms with Gasteiger partial charge in [0.1, 0.15) is 5.75 Å². The maximum atomic E-state index is 11.6. The number of hydrogen-bond acceptors (Lipinski definition) is 2. The number of rotatable bonds is 5. The number of unbranched alkanes of at least 4 members (excludes halogenated alkanes) is 1. The molecule has 0 spiro atoms. The van der Waals surface area contributed by atoms with Crippen LogP contribution in [0, 0.1) is 0 Å². The number of carbonyl (C=O) groups excluding carboxylic acids is 1. The molecule has 1 amide bonds. The third-order valence-electron chi connectivity index (χ3n) is 2.97. The first-order chi connectivity index (χ1) is 8.29. The average Bonchev–Trinajstić information content (AvgIpc) is 2.76. The third-order valence-corrected chi connectivity index (χ3v) is 2.97. The maximum absolute atomic E-state index is 11.6. The van der Waals surface area contributed by atoms with Gasteiger partial charge in [-0.05, 0) is 23.6 Å². The molecule has 0 atom stereocenters. The van der Waals surface area contributed by atoms with Gasteiger partial charge in [-0.2, -0.15) is 0 Å². The molecule has 1 aliphatic rings. The minimum absolute atomic E-state index is 0.109. The minimum atomic E-state index is 0.109. The third kappa shape index (κ3) is 3.22. The van der Waals surface area contributed by atoms with Crippen molar-refractivity contribution in [2.45, 2.75) is 32.6 Å². The number of amides is 1. The molecular formula is C14H19NO2. The summed E-state index contributed by atoms with van der Waals surface area (Å²) in [6.07, 6.45) is 3.58. The lowest BCUT2D eigenvalue weighted by Crippen LogP contribution is -2.25. The van der Waals surface area contributed by atoms with Gasteiger partial charge in [0.25, 0.3) is 0 Å². The number of hydrogen-bond donors (Lipinski definition) is 1. The van der Waals surface area contributed by atoms with Crippen LogP contribution in [0.1, 0.15) is 30.9 Å². The van der Waals surface area contributed by atoms with Crippen molar-refractivity contribution < 1.29 is 9.53 Å². The van der Waals surface area contributed by atoms with Gasteiger partial charge in [-0.1, -0.05) is 25.5 Å². The van der Waals surface area contributed by atoms with Crippen LogP contribution >= 0.6 is 0 Å². The van der Waals surface area contributed by atoms with Crippen LogP contribution in [0.2, 0.25) is 0 Å². The van der Waals surface area contributed by atoms with Gasteiger partial charge in [-0.25, -0.2) is 0 Å². The van der Waals surface area contributed by atoms with Crippen molar-refractivity contribution >= 4 is 5.91 Å². The van der Waals surface area contributed by atoms with Crippen LogP contribution in [0.5, 0.6) is 5.75 Å². The van der Waals surface area contributed by atoms with Crippen LogP contribution < -0.4 is 10.1 Å². The van der Waals surface area contributed by atoms with Crippen LogP contribution in [0.15, 0.2) is 18.2 Å². The molecule has 1 aliphatic heterocycles. The topological polar surface area (TPSA) is 38.3 Å². The fraction of sp³-hybridized carbons (Fsp3) is 0.500. The van der Waals surface area contributed by atoms with Gasteiger partial charge in [0.15, 0.2) is 0 Å². The summed E-state index contributed by atoms with van der Waals surface area (Å²) < 4.78 is 5.44. The van der Waals surface area contributed by atoms with Gasteiger partial charge < -0.3 is 10.1 Å². The molecule has 1 aromatic rings. The molecule has 0 unspecified atom stereocenters. The Morgan fingerprint density at radius 1 is 1.47 bits per heavy atom. The number of fused-ring (bicyclic) bond motifs is 1. The highest BCUT2D eigenvalue weighted by Gasteiger charge is 2.12. The largest absolute Gasteiger partial charge is 0.493 e. The Labute approximate surface area is 102 Å². The van der Waals surface area contributed by atoms with Crippen molar-refractivity contribution in [2.75, 3.05) is 13.2 Å². The predicted molar refractivity (Wildman–Crippen MR) is 67.3 cm³/mol. The zero-order valence-corrected chi connectivity index (χ0v) is 10.3. The smallest absolute Gasteiger partial charge is 0.224 e. The van der Waals surface area contributed by atoms with E-state index >= 15 is 0 Å². The second-order valence-corrected chi connectivity index (χ2v) is 4.42. The molecule has 0 saturated heterocycles. The molecule has 1 aromatic carbocycles. The van der Waals surface area contributed by atoms with E-state index in [2.05, 4.69) is 18.3 Å². The van der Waals surface area contributed by atoms with Gasteiger partial charge in [-0.3, -0.25) is 4.79 Å². The molecule has 3 nitrogen and oxygen atoms in total. The van der Waals surface area contributed by atoms with Crippen LogP contribution in [-0.2, 0) is 17.6 Å². The number of ether oxygens (including phenoxy) is 1. The molecule has 2 rings (SSSR count). The number of benzene rings is 1. The Balaban J connectivity index is 1.88. The van der Waals surface area contributed by atoms with Gasteiger partial charge in [0.05, 0.1) is 13.0 Å². The molecule has 1 heterocycles. The Morgan fingerprint density at radius 3 is 3.18 bits per heavy atom. The summed E-state index contributed by atoms with van der Waals surface area (Å²) in [5.74, 6) is 1.08. The molecule has 0 aromatic heterocycles. The average molecular weight is 233 g/mol. The summed E-state index contributed by atoms with van der Waals surface area (Å²) in [5.41, 5.74) is 2.30. The standard InChI is InChI=1S/C14H19NO2/c1-2-3-7-15-14(16)10-11-4-5-13-12(9-11)6-8-17-13/h4-5,9H,2-3,6-8,10H2,1H3,(H,15,16). The first kappa shape index (κ1) is 12.0. The normalized spacial score (nSPS) is 13.0. The highest BCUT2D eigenvalue weighted by molar-refractivity contribution is 5.78.